The second kappa shape index (κ2) is 6.16. The molecule has 3 nitrogen and oxygen atoms in total. The zero-order valence-corrected chi connectivity index (χ0v) is 7.59. The molecule has 0 bridgehead atoms. The number of carbonyl (C=O) groups excluding carboxylic acids is 1. The van der Waals surface area contributed by atoms with Gasteiger partial charge in [-0.15, -0.1) is 0 Å². The Morgan fingerprint density at radius 3 is 2.55 bits per heavy atom. The third kappa shape index (κ3) is 4.79. The van der Waals surface area contributed by atoms with E-state index in [0.717, 1.165) is 26.1 Å². The van der Waals surface area contributed by atoms with Gasteiger partial charge in [0, 0.05) is 33.7 Å². The molecule has 0 N–H and O–H groups in total. The summed E-state index contributed by atoms with van der Waals surface area (Å²) in [5.74, 6) is 0.142. The fraction of sp³-hybridized carbons (Fsp3) is 0.875. The van der Waals surface area contributed by atoms with Crippen molar-refractivity contribution >= 4 is 5.91 Å². The molecule has 0 fully saturated rings. The van der Waals surface area contributed by atoms with Gasteiger partial charge in [0.15, 0.2) is 0 Å². The van der Waals surface area contributed by atoms with E-state index in [1.54, 1.807) is 18.9 Å². The summed E-state index contributed by atoms with van der Waals surface area (Å²) in [5.41, 5.74) is 0. The van der Waals surface area contributed by atoms with Crippen LogP contribution in [0.15, 0.2) is 0 Å². The summed E-state index contributed by atoms with van der Waals surface area (Å²) in [7, 11) is 1.67. The second-order valence-corrected chi connectivity index (χ2v) is 2.45. The van der Waals surface area contributed by atoms with Gasteiger partial charge in [-0.05, 0) is 13.3 Å². The van der Waals surface area contributed by atoms with Gasteiger partial charge in [-0.1, -0.05) is 0 Å². The van der Waals surface area contributed by atoms with Gasteiger partial charge in [0.1, 0.15) is 0 Å². The summed E-state index contributed by atoms with van der Waals surface area (Å²) >= 11 is 0. The Morgan fingerprint density at radius 2 is 2.18 bits per heavy atom. The topological polar surface area (TPSA) is 29.5 Å². The lowest BCUT2D eigenvalue weighted by Gasteiger charge is -2.17. The van der Waals surface area contributed by atoms with Crippen LogP contribution in [0.5, 0.6) is 0 Å². The largest absolute Gasteiger partial charge is 0.385 e. The van der Waals surface area contributed by atoms with E-state index in [9.17, 15) is 4.79 Å². The van der Waals surface area contributed by atoms with Crippen molar-refractivity contribution in [3.63, 3.8) is 0 Å². The molecule has 0 aromatic rings. The van der Waals surface area contributed by atoms with E-state index in [2.05, 4.69) is 0 Å². The summed E-state index contributed by atoms with van der Waals surface area (Å²) in [5, 5.41) is 0. The number of carbonyl (C=O) groups is 1. The van der Waals surface area contributed by atoms with Gasteiger partial charge >= 0.3 is 0 Å². The summed E-state index contributed by atoms with van der Waals surface area (Å²) in [6.45, 7) is 5.90. The molecule has 0 radical (unpaired) electrons. The van der Waals surface area contributed by atoms with Crippen molar-refractivity contribution in [2.24, 2.45) is 0 Å². The molecule has 0 aliphatic carbocycles. The standard InChI is InChI=1S/C8H17NO2/c1-4-9(8(2)10)6-5-7-11-3/h4-7H2,1-3H3. The SMILES string of the molecule is CCN(CCCOC)C(C)=O. The molecule has 0 aromatic carbocycles. The van der Waals surface area contributed by atoms with Gasteiger partial charge in [-0.2, -0.15) is 0 Å². The monoisotopic (exact) mass is 159 g/mol. The van der Waals surface area contributed by atoms with E-state index in [1.807, 2.05) is 6.92 Å². The highest BCUT2D eigenvalue weighted by molar-refractivity contribution is 5.73. The Kier molecular flexibility index (Phi) is 5.84. The highest BCUT2D eigenvalue weighted by Gasteiger charge is 2.03. The predicted molar refractivity (Wildman–Crippen MR) is 44.4 cm³/mol. The molecule has 0 unspecified atom stereocenters. The normalized spacial score (nSPS) is 9.73. The number of amides is 1. The fourth-order valence-corrected chi connectivity index (χ4v) is 0.938. The molecular formula is C8H17NO2. The van der Waals surface area contributed by atoms with E-state index in [0.29, 0.717) is 0 Å². The van der Waals surface area contributed by atoms with Crippen LogP contribution >= 0.6 is 0 Å². The number of hydrogen-bond acceptors (Lipinski definition) is 2. The van der Waals surface area contributed by atoms with Gasteiger partial charge in [-0.25, -0.2) is 0 Å². The van der Waals surface area contributed by atoms with E-state index >= 15 is 0 Å². The first kappa shape index (κ1) is 10.4. The first-order valence-electron chi connectivity index (χ1n) is 3.96. The van der Waals surface area contributed by atoms with Crippen molar-refractivity contribution < 1.29 is 9.53 Å². The van der Waals surface area contributed by atoms with Gasteiger partial charge in [0.25, 0.3) is 0 Å². The van der Waals surface area contributed by atoms with E-state index in [1.165, 1.54) is 0 Å². The smallest absolute Gasteiger partial charge is 0.219 e. The summed E-state index contributed by atoms with van der Waals surface area (Å²) < 4.78 is 4.88. The van der Waals surface area contributed by atoms with Crippen molar-refractivity contribution in [3.8, 4) is 0 Å². The molecule has 0 spiro atoms. The molecule has 0 rings (SSSR count). The molecule has 1 amide bonds. The van der Waals surface area contributed by atoms with Crippen molar-refractivity contribution in [2.75, 3.05) is 26.8 Å². The number of nitrogens with zero attached hydrogens (tertiary/aromatic N) is 1. The molecular weight excluding hydrogens is 142 g/mol. The molecule has 11 heavy (non-hydrogen) atoms. The highest BCUT2D eigenvalue weighted by atomic mass is 16.5. The molecule has 66 valence electrons. The molecule has 0 atom stereocenters. The molecule has 0 saturated carbocycles. The van der Waals surface area contributed by atoms with Crippen LogP contribution < -0.4 is 0 Å². The van der Waals surface area contributed by atoms with Crippen LogP contribution in [-0.4, -0.2) is 37.6 Å². The Balaban J connectivity index is 3.44. The number of ether oxygens (including phenoxy) is 1. The summed E-state index contributed by atoms with van der Waals surface area (Å²) in [4.78, 5) is 12.7. The minimum absolute atomic E-state index is 0.142. The van der Waals surface area contributed by atoms with E-state index in [4.69, 9.17) is 4.74 Å². The van der Waals surface area contributed by atoms with Crippen LogP contribution in [0.2, 0.25) is 0 Å². The lowest BCUT2D eigenvalue weighted by Crippen LogP contribution is -2.29. The predicted octanol–water partition coefficient (Wildman–Crippen LogP) is 0.891. The first-order valence-corrected chi connectivity index (χ1v) is 3.96. The highest BCUT2D eigenvalue weighted by Crippen LogP contribution is 1.91. The van der Waals surface area contributed by atoms with Crippen molar-refractivity contribution in [2.45, 2.75) is 20.3 Å². The van der Waals surface area contributed by atoms with Gasteiger partial charge in [0.2, 0.25) is 5.91 Å². The minimum Gasteiger partial charge on any atom is -0.385 e. The summed E-state index contributed by atoms with van der Waals surface area (Å²) in [6.07, 6.45) is 0.921. The third-order valence-corrected chi connectivity index (χ3v) is 1.60. The first-order chi connectivity index (χ1) is 5.22. The zero-order valence-electron chi connectivity index (χ0n) is 7.59. The Hall–Kier alpha value is -0.570. The molecule has 0 heterocycles. The maximum atomic E-state index is 10.9. The zero-order chi connectivity index (χ0) is 8.69. The maximum absolute atomic E-state index is 10.9. The molecule has 0 saturated heterocycles. The Morgan fingerprint density at radius 1 is 1.55 bits per heavy atom. The van der Waals surface area contributed by atoms with Crippen LogP contribution in [0, 0.1) is 0 Å². The quantitative estimate of drug-likeness (QED) is 0.557. The number of hydrogen-bond donors (Lipinski definition) is 0. The molecule has 0 aromatic heterocycles. The lowest BCUT2D eigenvalue weighted by molar-refractivity contribution is -0.128. The molecule has 3 heteroatoms. The number of methoxy groups -OCH3 is 1. The number of rotatable bonds is 5. The average Bonchev–Trinajstić information content (AvgIpc) is 1.97. The Bertz CT molecular complexity index is 115. The van der Waals surface area contributed by atoms with Crippen LogP contribution in [0.1, 0.15) is 20.3 Å². The molecule has 0 aliphatic heterocycles. The van der Waals surface area contributed by atoms with Gasteiger partial charge < -0.3 is 9.64 Å². The maximum Gasteiger partial charge on any atom is 0.219 e. The Labute approximate surface area is 68.3 Å². The average molecular weight is 159 g/mol. The van der Waals surface area contributed by atoms with Crippen molar-refractivity contribution in [1.82, 2.24) is 4.90 Å². The van der Waals surface area contributed by atoms with Crippen LogP contribution in [0.25, 0.3) is 0 Å². The van der Waals surface area contributed by atoms with Gasteiger partial charge in [0.05, 0.1) is 0 Å². The fourth-order valence-electron chi connectivity index (χ4n) is 0.938. The second-order valence-electron chi connectivity index (χ2n) is 2.45. The minimum atomic E-state index is 0.142. The van der Waals surface area contributed by atoms with E-state index in [-0.39, 0.29) is 5.91 Å². The van der Waals surface area contributed by atoms with Crippen LogP contribution in [-0.2, 0) is 9.53 Å². The van der Waals surface area contributed by atoms with Crippen LogP contribution in [0.3, 0.4) is 0 Å². The third-order valence-electron chi connectivity index (χ3n) is 1.60. The summed E-state index contributed by atoms with van der Waals surface area (Å²) in [6, 6.07) is 0. The van der Waals surface area contributed by atoms with Gasteiger partial charge in [-0.3, -0.25) is 4.79 Å². The molecule has 0 aliphatic rings. The van der Waals surface area contributed by atoms with E-state index < -0.39 is 0 Å². The van der Waals surface area contributed by atoms with Crippen LogP contribution in [0.4, 0.5) is 0 Å². The van der Waals surface area contributed by atoms with Crippen molar-refractivity contribution in [3.05, 3.63) is 0 Å². The lowest BCUT2D eigenvalue weighted by atomic mass is 10.4. The van der Waals surface area contributed by atoms with Crippen molar-refractivity contribution in [1.29, 1.82) is 0 Å².